The Kier molecular flexibility index (Phi) is 5.72. The molecule has 1 aromatic carbocycles. The van der Waals surface area contributed by atoms with E-state index in [0.717, 1.165) is 44.5 Å². The summed E-state index contributed by atoms with van der Waals surface area (Å²) >= 11 is 1.38. The molecule has 2 fully saturated rings. The summed E-state index contributed by atoms with van der Waals surface area (Å²) in [5.74, 6) is 1.36. The van der Waals surface area contributed by atoms with Gasteiger partial charge in [-0.2, -0.15) is 0 Å². The Labute approximate surface area is 147 Å². The third-order valence-electron chi connectivity index (χ3n) is 4.99. The average Bonchev–Trinajstić information content (AvgIpc) is 3.41. The molecule has 1 saturated carbocycles. The van der Waals surface area contributed by atoms with Gasteiger partial charge >= 0.3 is 0 Å². The van der Waals surface area contributed by atoms with Crippen LogP contribution in [0.5, 0.6) is 0 Å². The Bertz CT molecular complexity index is 609. The second kappa shape index (κ2) is 7.79. The van der Waals surface area contributed by atoms with E-state index in [9.17, 15) is 14.0 Å². The number of carbonyl (C=O) groups is 2. The van der Waals surface area contributed by atoms with E-state index >= 15 is 0 Å². The number of carbonyl (C=O) groups excluding carboxylic acids is 2. The average molecular weight is 349 g/mol. The summed E-state index contributed by atoms with van der Waals surface area (Å²) in [6.07, 6.45) is 3.80. The van der Waals surface area contributed by atoms with Crippen LogP contribution in [0, 0.1) is 17.7 Å². The molecule has 1 unspecified atom stereocenters. The van der Waals surface area contributed by atoms with Gasteiger partial charge in [0.25, 0.3) is 0 Å². The predicted octanol–water partition coefficient (Wildman–Crippen LogP) is 3.84. The van der Waals surface area contributed by atoms with Crippen molar-refractivity contribution >= 4 is 22.7 Å². The van der Waals surface area contributed by atoms with Crippen LogP contribution in [0.3, 0.4) is 0 Å². The smallest absolute Gasteiger partial charge is 0.185 e. The van der Waals surface area contributed by atoms with Crippen LogP contribution in [-0.2, 0) is 9.59 Å². The molecule has 0 spiro atoms. The Morgan fingerprint density at radius 3 is 2.46 bits per heavy atom. The zero-order valence-electron chi connectivity index (χ0n) is 14.0. The number of piperidine rings is 1. The number of nitrogens with zero attached hydrogens (tertiary/aromatic N) is 1. The lowest BCUT2D eigenvalue weighted by molar-refractivity contribution is -0.126. The first kappa shape index (κ1) is 17.6. The normalized spacial score (nSPS) is 20.8. The number of ketones is 1. The topological polar surface area (TPSA) is 37.4 Å². The highest BCUT2D eigenvalue weighted by atomic mass is 32.2. The van der Waals surface area contributed by atoms with Crippen molar-refractivity contribution in [1.82, 2.24) is 4.90 Å². The third kappa shape index (κ3) is 4.25. The lowest BCUT2D eigenvalue weighted by atomic mass is 9.92. The predicted molar refractivity (Wildman–Crippen MR) is 94.3 cm³/mol. The van der Waals surface area contributed by atoms with Crippen LogP contribution in [0.4, 0.5) is 4.39 Å². The van der Waals surface area contributed by atoms with E-state index in [0.29, 0.717) is 11.5 Å². The third-order valence-corrected chi connectivity index (χ3v) is 6.03. The standard InChI is InChI=1S/C19H24FNO2S/c1-13(22)24-12-14-8-10-21(11-9-14)18(19(23)15-6-7-15)16-4-2-3-5-17(16)20/h2-5,14-15,18H,6-12H2,1H3. The van der Waals surface area contributed by atoms with Gasteiger partial charge in [0.15, 0.2) is 10.9 Å². The van der Waals surface area contributed by atoms with Crippen molar-refractivity contribution in [3.8, 4) is 0 Å². The van der Waals surface area contributed by atoms with Crippen molar-refractivity contribution in [1.29, 1.82) is 0 Å². The van der Waals surface area contributed by atoms with Crippen molar-refractivity contribution < 1.29 is 14.0 Å². The minimum absolute atomic E-state index is 0.112. The molecule has 3 nitrogen and oxygen atoms in total. The molecule has 1 aliphatic heterocycles. The lowest BCUT2D eigenvalue weighted by Gasteiger charge is -2.37. The number of Topliss-reactive ketones (excluding diaryl/α,β-unsaturated/α-hetero) is 1. The highest BCUT2D eigenvalue weighted by Gasteiger charge is 2.40. The van der Waals surface area contributed by atoms with Crippen LogP contribution in [0.1, 0.15) is 44.2 Å². The molecule has 2 aliphatic rings. The lowest BCUT2D eigenvalue weighted by Crippen LogP contribution is -2.41. The second-order valence-corrected chi connectivity index (χ2v) is 8.08. The minimum Gasteiger partial charge on any atom is -0.297 e. The van der Waals surface area contributed by atoms with E-state index in [1.807, 2.05) is 6.07 Å². The first-order valence-electron chi connectivity index (χ1n) is 8.72. The zero-order valence-corrected chi connectivity index (χ0v) is 14.9. The molecular formula is C19H24FNO2S. The molecule has 1 heterocycles. The summed E-state index contributed by atoms with van der Waals surface area (Å²) in [5.41, 5.74) is 0.519. The molecule has 0 radical (unpaired) electrons. The van der Waals surface area contributed by atoms with Gasteiger partial charge in [-0.1, -0.05) is 30.0 Å². The van der Waals surface area contributed by atoms with Gasteiger partial charge < -0.3 is 0 Å². The number of hydrogen-bond acceptors (Lipinski definition) is 4. The Hall–Kier alpha value is -1.20. The fraction of sp³-hybridized carbons (Fsp3) is 0.579. The van der Waals surface area contributed by atoms with Gasteiger partial charge in [0.05, 0.1) is 6.04 Å². The molecule has 1 atom stereocenters. The van der Waals surface area contributed by atoms with Crippen molar-refractivity contribution in [2.24, 2.45) is 11.8 Å². The summed E-state index contributed by atoms with van der Waals surface area (Å²) < 4.78 is 14.3. The van der Waals surface area contributed by atoms with Crippen LogP contribution in [0.25, 0.3) is 0 Å². The molecule has 1 aliphatic carbocycles. The molecule has 0 aromatic heterocycles. The maximum absolute atomic E-state index is 14.3. The SMILES string of the molecule is CC(=O)SCC1CCN(C(C(=O)C2CC2)c2ccccc2F)CC1. The summed E-state index contributed by atoms with van der Waals surface area (Å²) in [6.45, 7) is 3.18. The molecule has 24 heavy (non-hydrogen) atoms. The van der Waals surface area contributed by atoms with E-state index in [2.05, 4.69) is 4.90 Å². The highest BCUT2D eigenvalue weighted by Crippen LogP contribution is 2.39. The van der Waals surface area contributed by atoms with Crippen LogP contribution in [0.15, 0.2) is 24.3 Å². The molecule has 130 valence electrons. The quantitative estimate of drug-likeness (QED) is 0.782. The van der Waals surface area contributed by atoms with Crippen LogP contribution in [0.2, 0.25) is 0 Å². The van der Waals surface area contributed by atoms with E-state index in [1.165, 1.54) is 17.8 Å². The Morgan fingerprint density at radius 1 is 1.21 bits per heavy atom. The van der Waals surface area contributed by atoms with Gasteiger partial charge in [-0.15, -0.1) is 0 Å². The van der Waals surface area contributed by atoms with Gasteiger partial charge in [-0.05, 0) is 50.8 Å². The van der Waals surface area contributed by atoms with E-state index in [1.54, 1.807) is 19.1 Å². The summed E-state index contributed by atoms with van der Waals surface area (Å²) in [4.78, 5) is 26.1. The number of likely N-dealkylation sites (tertiary alicyclic amines) is 1. The number of halogens is 1. The molecule has 5 heteroatoms. The first-order chi connectivity index (χ1) is 11.6. The molecule has 0 N–H and O–H groups in total. The molecule has 1 saturated heterocycles. The van der Waals surface area contributed by atoms with Gasteiger partial charge in [0.1, 0.15) is 5.82 Å². The number of thioether (sulfide) groups is 1. The number of rotatable bonds is 6. The molecule has 0 amide bonds. The maximum Gasteiger partial charge on any atom is 0.185 e. The van der Waals surface area contributed by atoms with Crippen LogP contribution in [-0.4, -0.2) is 34.6 Å². The highest BCUT2D eigenvalue weighted by molar-refractivity contribution is 8.13. The summed E-state index contributed by atoms with van der Waals surface area (Å²) in [7, 11) is 0. The van der Waals surface area contributed by atoms with Crippen LogP contribution < -0.4 is 0 Å². The van der Waals surface area contributed by atoms with Crippen molar-refractivity contribution in [2.75, 3.05) is 18.8 Å². The van der Waals surface area contributed by atoms with Gasteiger partial charge in [-0.3, -0.25) is 14.5 Å². The van der Waals surface area contributed by atoms with E-state index in [4.69, 9.17) is 0 Å². The molecule has 3 rings (SSSR count). The monoisotopic (exact) mass is 349 g/mol. The molecule has 1 aromatic rings. The summed E-state index contributed by atoms with van der Waals surface area (Å²) in [5, 5.41) is 0.158. The van der Waals surface area contributed by atoms with Crippen LogP contribution >= 0.6 is 11.8 Å². The maximum atomic E-state index is 14.3. The molecular weight excluding hydrogens is 325 g/mol. The van der Waals surface area contributed by atoms with Crippen molar-refractivity contribution in [2.45, 2.75) is 38.6 Å². The number of hydrogen-bond donors (Lipinski definition) is 0. The largest absolute Gasteiger partial charge is 0.297 e. The Balaban J connectivity index is 1.70. The molecule has 0 bridgehead atoms. The number of benzene rings is 1. The summed E-state index contributed by atoms with van der Waals surface area (Å²) in [6, 6.07) is 6.22. The van der Waals surface area contributed by atoms with Gasteiger partial charge in [0, 0.05) is 24.2 Å². The van der Waals surface area contributed by atoms with Crippen molar-refractivity contribution in [3.63, 3.8) is 0 Å². The minimum atomic E-state index is -0.444. The fourth-order valence-electron chi connectivity index (χ4n) is 3.43. The van der Waals surface area contributed by atoms with Gasteiger partial charge in [0.2, 0.25) is 0 Å². The van der Waals surface area contributed by atoms with Gasteiger partial charge in [-0.25, -0.2) is 4.39 Å². The zero-order chi connectivity index (χ0) is 17.1. The Morgan fingerprint density at radius 2 is 1.88 bits per heavy atom. The first-order valence-corrected chi connectivity index (χ1v) is 9.70. The van der Waals surface area contributed by atoms with E-state index < -0.39 is 6.04 Å². The fourth-order valence-corrected chi connectivity index (χ4v) is 4.23. The van der Waals surface area contributed by atoms with E-state index in [-0.39, 0.29) is 22.6 Å². The second-order valence-electron chi connectivity index (χ2n) is 6.88. The van der Waals surface area contributed by atoms with Crippen molar-refractivity contribution in [3.05, 3.63) is 35.6 Å².